The first-order chi connectivity index (χ1) is 8.13. The minimum atomic E-state index is 0.546. The lowest BCUT2D eigenvalue weighted by molar-refractivity contribution is 0.204. The summed E-state index contributed by atoms with van der Waals surface area (Å²) in [6.45, 7) is 1.91. The van der Waals surface area contributed by atoms with Crippen LogP contribution in [0.4, 0.5) is 0 Å². The van der Waals surface area contributed by atoms with Crippen LogP contribution in [0.15, 0.2) is 18.2 Å². The van der Waals surface area contributed by atoms with Gasteiger partial charge in [0.15, 0.2) is 5.11 Å². The Labute approximate surface area is 116 Å². The fraction of sp³-hybridized carbons (Fsp3) is 0.364. The van der Waals surface area contributed by atoms with E-state index in [0.29, 0.717) is 34.9 Å². The normalized spacial score (nSPS) is 10.1. The molecule has 0 spiro atoms. The Balaban J connectivity index is 2.34. The van der Waals surface area contributed by atoms with E-state index in [1.165, 1.54) is 0 Å². The van der Waals surface area contributed by atoms with Crippen molar-refractivity contribution in [3.05, 3.63) is 33.8 Å². The Morgan fingerprint density at radius 2 is 2.06 bits per heavy atom. The highest BCUT2D eigenvalue weighted by Crippen LogP contribution is 2.22. The highest BCUT2D eigenvalue weighted by Gasteiger charge is 2.00. The number of hydrogen-bond acceptors (Lipinski definition) is 2. The SMILES string of the molecule is COCCNC(=S)NCc1ccc(Cl)c(Cl)c1. The predicted molar refractivity (Wildman–Crippen MR) is 75.8 cm³/mol. The first kappa shape index (κ1) is 14.5. The van der Waals surface area contributed by atoms with Gasteiger partial charge in [0.1, 0.15) is 0 Å². The molecule has 0 bridgehead atoms. The van der Waals surface area contributed by atoms with Gasteiger partial charge in [0.05, 0.1) is 16.7 Å². The summed E-state index contributed by atoms with van der Waals surface area (Å²) < 4.78 is 4.90. The zero-order valence-corrected chi connectivity index (χ0v) is 11.8. The molecule has 0 unspecified atom stereocenters. The molecule has 94 valence electrons. The average Bonchev–Trinajstić information content (AvgIpc) is 2.31. The van der Waals surface area contributed by atoms with Gasteiger partial charge in [-0.05, 0) is 29.9 Å². The summed E-state index contributed by atoms with van der Waals surface area (Å²) in [5, 5.41) is 7.77. The summed E-state index contributed by atoms with van der Waals surface area (Å²) in [5.74, 6) is 0. The number of benzene rings is 1. The van der Waals surface area contributed by atoms with Crippen LogP contribution in [0, 0.1) is 0 Å². The van der Waals surface area contributed by atoms with Gasteiger partial charge in [0.25, 0.3) is 0 Å². The number of ether oxygens (including phenoxy) is 1. The zero-order chi connectivity index (χ0) is 12.7. The molecule has 0 aliphatic rings. The van der Waals surface area contributed by atoms with Crippen molar-refractivity contribution in [2.75, 3.05) is 20.3 Å². The van der Waals surface area contributed by atoms with Crippen LogP contribution in [0.1, 0.15) is 5.56 Å². The smallest absolute Gasteiger partial charge is 0.166 e. The minimum absolute atomic E-state index is 0.546. The van der Waals surface area contributed by atoms with Gasteiger partial charge < -0.3 is 15.4 Å². The maximum Gasteiger partial charge on any atom is 0.166 e. The molecule has 0 aliphatic heterocycles. The summed E-state index contributed by atoms with van der Waals surface area (Å²) >= 11 is 16.8. The van der Waals surface area contributed by atoms with E-state index in [4.69, 9.17) is 40.2 Å². The van der Waals surface area contributed by atoms with E-state index < -0.39 is 0 Å². The molecule has 0 atom stereocenters. The van der Waals surface area contributed by atoms with Gasteiger partial charge in [-0.3, -0.25) is 0 Å². The monoisotopic (exact) mass is 292 g/mol. The number of thiocarbonyl (C=S) groups is 1. The number of nitrogens with one attached hydrogen (secondary N) is 2. The van der Waals surface area contributed by atoms with E-state index in [2.05, 4.69) is 10.6 Å². The molecule has 1 rings (SSSR count). The molecule has 6 heteroatoms. The molecule has 0 saturated heterocycles. The topological polar surface area (TPSA) is 33.3 Å². The summed E-state index contributed by atoms with van der Waals surface area (Å²) in [7, 11) is 1.65. The fourth-order valence-corrected chi connectivity index (χ4v) is 1.66. The molecule has 0 aromatic heterocycles. The van der Waals surface area contributed by atoms with Crippen LogP contribution in [0.25, 0.3) is 0 Å². The number of methoxy groups -OCH3 is 1. The minimum Gasteiger partial charge on any atom is -0.383 e. The van der Waals surface area contributed by atoms with E-state index >= 15 is 0 Å². The van der Waals surface area contributed by atoms with Gasteiger partial charge in [0, 0.05) is 20.2 Å². The van der Waals surface area contributed by atoms with E-state index in [1.807, 2.05) is 12.1 Å². The van der Waals surface area contributed by atoms with Gasteiger partial charge in [-0.15, -0.1) is 0 Å². The number of rotatable bonds is 5. The lowest BCUT2D eigenvalue weighted by atomic mass is 10.2. The lowest BCUT2D eigenvalue weighted by Crippen LogP contribution is -2.36. The van der Waals surface area contributed by atoms with Gasteiger partial charge in [-0.2, -0.15) is 0 Å². The highest BCUT2D eigenvalue weighted by molar-refractivity contribution is 7.80. The van der Waals surface area contributed by atoms with Crippen molar-refractivity contribution in [3.63, 3.8) is 0 Å². The number of halogens is 2. The van der Waals surface area contributed by atoms with Gasteiger partial charge in [-0.25, -0.2) is 0 Å². The maximum absolute atomic E-state index is 5.91. The van der Waals surface area contributed by atoms with Crippen LogP contribution >= 0.6 is 35.4 Å². The third kappa shape index (κ3) is 5.55. The third-order valence-corrected chi connectivity index (χ3v) is 3.06. The average molecular weight is 293 g/mol. The Hall–Kier alpha value is -0.550. The summed E-state index contributed by atoms with van der Waals surface area (Å²) in [6, 6.07) is 5.48. The first-order valence-corrected chi connectivity index (χ1v) is 6.24. The molecule has 0 amide bonds. The molecule has 17 heavy (non-hydrogen) atoms. The van der Waals surface area contributed by atoms with Crippen molar-refractivity contribution < 1.29 is 4.74 Å². The van der Waals surface area contributed by atoms with Crippen LogP contribution in [0.3, 0.4) is 0 Å². The van der Waals surface area contributed by atoms with Crippen LogP contribution < -0.4 is 10.6 Å². The zero-order valence-electron chi connectivity index (χ0n) is 9.43. The molecular formula is C11H14Cl2N2OS. The van der Waals surface area contributed by atoms with Crippen molar-refractivity contribution in [1.29, 1.82) is 0 Å². The summed E-state index contributed by atoms with van der Waals surface area (Å²) in [4.78, 5) is 0. The lowest BCUT2D eigenvalue weighted by Gasteiger charge is -2.10. The molecule has 0 fully saturated rings. The second-order valence-electron chi connectivity index (χ2n) is 3.35. The van der Waals surface area contributed by atoms with E-state index in [-0.39, 0.29) is 0 Å². The maximum atomic E-state index is 5.91. The fourth-order valence-electron chi connectivity index (χ4n) is 1.16. The van der Waals surface area contributed by atoms with E-state index in [0.717, 1.165) is 5.56 Å². The van der Waals surface area contributed by atoms with Crippen LogP contribution in [-0.2, 0) is 11.3 Å². The van der Waals surface area contributed by atoms with Crippen molar-refractivity contribution in [2.24, 2.45) is 0 Å². The molecular weight excluding hydrogens is 279 g/mol. The Morgan fingerprint density at radius 3 is 2.71 bits per heavy atom. The number of hydrogen-bond donors (Lipinski definition) is 2. The molecule has 0 aliphatic carbocycles. The Morgan fingerprint density at radius 1 is 1.29 bits per heavy atom. The van der Waals surface area contributed by atoms with Crippen molar-refractivity contribution in [2.45, 2.75) is 6.54 Å². The molecule has 3 nitrogen and oxygen atoms in total. The van der Waals surface area contributed by atoms with Crippen LogP contribution in [0.2, 0.25) is 10.0 Å². The van der Waals surface area contributed by atoms with Crippen LogP contribution in [0.5, 0.6) is 0 Å². The molecule has 2 N–H and O–H groups in total. The van der Waals surface area contributed by atoms with Crippen molar-refractivity contribution in [3.8, 4) is 0 Å². The quantitative estimate of drug-likeness (QED) is 0.646. The second kappa shape index (κ2) is 7.71. The van der Waals surface area contributed by atoms with Crippen LogP contribution in [-0.4, -0.2) is 25.4 Å². The van der Waals surface area contributed by atoms with E-state index in [9.17, 15) is 0 Å². The van der Waals surface area contributed by atoms with Crippen molar-refractivity contribution >= 4 is 40.5 Å². The van der Waals surface area contributed by atoms with Gasteiger partial charge >= 0.3 is 0 Å². The highest BCUT2D eigenvalue weighted by atomic mass is 35.5. The second-order valence-corrected chi connectivity index (χ2v) is 4.57. The Kier molecular flexibility index (Phi) is 6.58. The first-order valence-electron chi connectivity index (χ1n) is 5.08. The standard InChI is InChI=1S/C11H14Cl2N2OS/c1-16-5-4-14-11(17)15-7-8-2-3-9(12)10(13)6-8/h2-3,6H,4-5,7H2,1H3,(H2,14,15,17). The largest absolute Gasteiger partial charge is 0.383 e. The molecule has 1 aromatic rings. The molecule has 0 saturated carbocycles. The third-order valence-electron chi connectivity index (χ3n) is 2.03. The predicted octanol–water partition coefficient (Wildman–Crippen LogP) is 2.60. The van der Waals surface area contributed by atoms with Gasteiger partial charge in [0.2, 0.25) is 0 Å². The van der Waals surface area contributed by atoms with E-state index in [1.54, 1.807) is 13.2 Å². The molecule has 0 radical (unpaired) electrons. The molecule has 0 heterocycles. The van der Waals surface area contributed by atoms with Gasteiger partial charge in [-0.1, -0.05) is 29.3 Å². The Bertz CT molecular complexity index is 388. The van der Waals surface area contributed by atoms with Crippen molar-refractivity contribution in [1.82, 2.24) is 10.6 Å². The molecule has 1 aromatic carbocycles. The summed E-state index contributed by atoms with van der Waals surface area (Å²) in [6.07, 6.45) is 0. The summed E-state index contributed by atoms with van der Waals surface area (Å²) in [5.41, 5.74) is 1.02.